The van der Waals surface area contributed by atoms with Crippen LogP contribution in [0.3, 0.4) is 0 Å². The largest absolute Gasteiger partial charge is 0.406 e. The van der Waals surface area contributed by atoms with Crippen molar-refractivity contribution in [2.24, 2.45) is 0 Å². The number of rotatable bonds is 8. The van der Waals surface area contributed by atoms with Gasteiger partial charge in [0.1, 0.15) is 5.75 Å². The van der Waals surface area contributed by atoms with Crippen LogP contribution in [-0.4, -0.2) is 23.6 Å². The van der Waals surface area contributed by atoms with Crippen molar-refractivity contribution in [1.82, 2.24) is 10.0 Å². The SMILES string of the molecule is CCC(CCCN(C)Oc1ccc2cccnc2c1)c1ccc(Br)cc1. The fourth-order valence-corrected chi connectivity index (χ4v) is 3.49. The maximum Gasteiger partial charge on any atom is 0.149 e. The van der Waals surface area contributed by atoms with Crippen molar-refractivity contribution in [3.63, 3.8) is 0 Å². The lowest BCUT2D eigenvalue weighted by Crippen LogP contribution is -2.24. The Morgan fingerprint density at radius 3 is 2.69 bits per heavy atom. The predicted molar refractivity (Wildman–Crippen MR) is 111 cm³/mol. The van der Waals surface area contributed by atoms with Crippen LogP contribution in [0.5, 0.6) is 5.75 Å². The number of hydroxylamine groups is 2. The summed E-state index contributed by atoms with van der Waals surface area (Å²) in [6.45, 7) is 3.16. The minimum atomic E-state index is 0.598. The number of benzene rings is 2. The molecule has 26 heavy (non-hydrogen) atoms. The Labute approximate surface area is 164 Å². The molecule has 4 heteroatoms. The average Bonchev–Trinajstić information content (AvgIpc) is 2.66. The third-order valence-corrected chi connectivity index (χ3v) is 5.23. The molecule has 0 spiro atoms. The summed E-state index contributed by atoms with van der Waals surface area (Å²) in [6, 6.07) is 18.7. The Morgan fingerprint density at radius 2 is 1.92 bits per heavy atom. The van der Waals surface area contributed by atoms with Gasteiger partial charge in [0.15, 0.2) is 0 Å². The van der Waals surface area contributed by atoms with Crippen molar-refractivity contribution in [3.8, 4) is 5.75 Å². The Morgan fingerprint density at radius 1 is 1.12 bits per heavy atom. The molecule has 136 valence electrons. The van der Waals surface area contributed by atoms with Gasteiger partial charge < -0.3 is 4.84 Å². The van der Waals surface area contributed by atoms with E-state index in [1.807, 2.05) is 42.6 Å². The molecule has 0 radical (unpaired) electrons. The van der Waals surface area contributed by atoms with Crippen molar-refractivity contribution in [3.05, 3.63) is 70.8 Å². The lowest BCUT2D eigenvalue weighted by molar-refractivity contribution is -0.0329. The van der Waals surface area contributed by atoms with Crippen molar-refractivity contribution >= 4 is 26.8 Å². The molecule has 1 atom stereocenters. The van der Waals surface area contributed by atoms with Crippen LogP contribution < -0.4 is 4.84 Å². The molecule has 0 saturated heterocycles. The molecule has 3 nitrogen and oxygen atoms in total. The number of nitrogens with zero attached hydrogens (tertiary/aromatic N) is 2. The summed E-state index contributed by atoms with van der Waals surface area (Å²) in [7, 11) is 1.99. The fourth-order valence-electron chi connectivity index (χ4n) is 3.23. The number of pyridine rings is 1. The van der Waals surface area contributed by atoms with E-state index in [2.05, 4.69) is 58.2 Å². The second kappa shape index (κ2) is 9.15. The summed E-state index contributed by atoms with van der Waals surface area (Å²) < 4.78 is 1.13. The zero-order chi connectivity index (χ0) is 18.4. The quantitative estimate of drug-likeness (QED) is 0.412. The smallest absolute Gasteiger partial charge is 0.149 e. The molecule has 3 rings (SSSR count). The third kappa shape index (κ3) is 5.05. The third-order valence-electron chi connectivity index (χ3n) is 4.70. The van der Waals surface area contributed by atoms with Gasteiger partial charge >= 0.3 is 0 Å². The first-order valence-corrected chi connectivity index (χ1v) is 9.94. The molecule has 3 aromatic rings. The van der Waals surface area contributed by atoms with Gasteiger partial charge in [0.05, 0.1) is 5.52 Å². The number of fused-ring (bicyclic) bond motifs is 1. The first kappa shape index (κ1) is 18.9. The van der Waals surface area contributed by atoms with E-state index in [1.165, 1.54) is 5.56 Å². The second-order valence-electron chi connectivity index (χ2n) is 6.60. The van der Waals surface area contributed by atoms with Crippen LogP contribution >= 0.6 is 15.9 Å². The molecule has 0 aliphatic heterocycles. The van der Waals surface area contributed by atoms with E-state index in [4.69, 9.17) is 4.84 Å². The first-order chi connectivity index (χ1) is 12.7. The minimum Gasteiger partial charge on any atom is -0.406 e. The fraction of sp³-hybridized carbons (Fsp3) is 0.318. The van der Waals surface area contributed by atoms with Gasteiger partial charge in [-0.3, -0.25) is 4.98 Å². The standard InChI is InChI=1S/C22H25BrN2O/c1-3-17(18-8-11-20(23)12-9-18)7-5-15-25(2)26-21-13-10-19-6-4-14-24-22(19)16-21/h4,6,8-14,16-17H,3,5,7,15H2,1-2H3. The lowest BCUT2D eigenvalue weighted by atomic mass is 9.92. The van der Waals surface area contributed by atoms with Crippen molar-refractivity contribution < 1.29 is 4.84 Å². The van der Waals surface area contributed by atoms with E-state index in [0.717, 1.165) is 46.9 Å². The van der Waals surface area contributed by atoms with Crippen molar-refractivity contribution in [2.45, 2.75) is 32.1 Å². The molecule has 0 fully saturated rings. The van der Waals surface area contributed by atoms with E-state index in [9.17, 15) is 0 Å². The molecule has 0 N–H and O–H groups in total. The number of hydrogen-bond donors (Lipinski definition) is 0. The molecule has 1 aromatic heterocycles. The van der Waals surface area contributed by atoms with E-state index >= 15 is 0 Å². The summed E-state index contributed by atoms with van der Waals surface area (Å²) in [5.74, 6) is 1.43. The second-order valence-corrected chi connectivity index (χ2v) is 7.52. The van der Waals surface area contributed by atoms with Crippen LogP contribution in [0.25, 0.3) is 10.9 Å². The predicted octanol–water partition coefficient (Wildman–Crippen LogP) is 6.20. The number of hydrogen-bond acceptors (Lipinski definition) is 3. The van der Waals surface area contributed by atoms with E-state index in [1.54, 1.807) is 0 Å². The topological polar surface area (TPSA) is 25.4 Å². The maximum atomic E-state index is 5.95. The monoisotopic (exact) mass is 412 g/mol. The Bertz CT molecular complexity index is 835. The van der Waals surface area contributed by atoms with Crippen LogP contribution in [0.1, 0.15) is 37.7 Å². The van der Waals surface area contributed by atoms with Gasteiger partial charge in [0.2, 0.25) is 0 Å². The average molecular weight is 413 g/mol. The van der Waals surface area contributed by atoms with Crippen molar-refractivity contribution in [2.75, 3.05) is 13.6 Å². The number of halogens is 1. The van der Waals surface area contributed by atoms with Gasteiger partial charge in [0, 0.05) is 35.7 Å². The van der Waals surface area contributed by atoms with Crippen LogP contribution in [0.15, 0.2) is 65.3 Å². The van der Waals surface area contributed by atoms with Crippen molar-refractivity contribution in [1.29, 1.82) is 0 Å². The Hall–Kier alpha value is -1.91. The molecular weight excluding hydrogens is 388 g/mol. The molecule has 1 unspecified atom stereocenters. The van der Waals surface area contributed by atoms with Gasteiger partial charge in [-0.25, -0.2) is 0 Å². The van der Waals surface area contributed by atoms with Gasteiger partial charge in [0.25, 0.3) is 0 Å². The molecule has 0 aliphatic rings. The van der Waals surface area contributed by atoms with Gasteiger partial charge in [-0.2, -0.15) is 0 Å². The van der Waals surface area contributed by atoms with Gasteiger partial charge in [-0.1, -0.05) is 41.1 Å². The zero-order valence-electron chi connectivity index (χ0n) is 15.4. The highest BCUT2D eigenvalue weighted by molar-refractivity contribution is 9.10. The summed E-state index contributed by atoms with van der Waals surface area (Å²) in [5, 5.41) is 3.04. The highest BCUT2D eigenvalue weighted by Crippen LogP contribution is 2.26. The van der Waals surface area contributed by atoms with E-state index in [0.29, 0.717) is 5.92 Å². The van der Waals surface area contributed by atoms with Gasteiger partial charge in [-0.05, 0) is 61.1 Å². The number of aromatic nitrogens is 1. The van der Waals surface area contributed by atoms with E-state index in [-0.39, 0.29) is 0 Å². The lowest BCUT2D eigenvalue weighted by Gasteiger charge is -2.20. The molecule has 0 bridgehead atoms. The van der Waals surface area contributed by atoms with Crippen LogP contribution in [0, 0.1) is 0 Å². The summed E-state index contributed by atoms with van der Waals surface area (Å²) in [5.41, 5.74) is 2.37. The normalized spacial score (nSPS) is 12.5. The minimum absolute atomic E-state index is 0.598. The summed E-state index contributed by atoms with van der Waals surface area (Å²) in [4.78, 5) is 10.3. The Kier molecular flexibility index (Phi) is 6.64. The molecular formula is C22H25BrN2O. The summed E-state index contributed by atoms with van der Waals surface area (Å²) >= 11 is 3.51. The van der Waals surface area contributed by atoms with E-state index < -0.39 is 0 Å². The highest BCUT2D eigenvalue weighted by atomic mass is 79.9. The van der Waals surface area contributed by atoms with Crippen LogP contribution in [-0.2, 0) is 0 Å². The zero-order valence-corrected chi connectivity index (χ0v) is 16.9. The van der Waals surface area contributed by atoms with Crippen LogP contribution in [0.2, 0.25) is 0 Å². The molecule has 0 amide bonds. The molecule has 0 saturated carbocycles. The maximum absolute atomic E-state index is 5.95. The molecule has 0 aliphatic carbocycles. The summed E-state index contributed by atoms with van der Waals surface area (Å²) in [6.07, 6.45) is 5.22. The molecule has 1 heterocycles. The van der Waals surface area contributed by atoms with Gasteiger partial charge in [-0.15, -0.1) is 5.06 Å². The Balaban J connectivity index is 1.51. The first-order valence-electron chi connectivity index (χ1n) is 9.15. The molecule has 2 aromatic carbocycles. The highest BCUT2D eigenvalue weighted by Gasteiger charge is 2.10. The van der Waals surface area contributed by atoms with Crippen LogP contribution in [0.4, 0.5) is 0 Å².